The van der Waals surface area contributed by atoms with Crippen molar-refractivity contribution in [3.63, 3.8) is 0 Å². The Morgan fingerprint density at radius 3 is 2.63 bits per heavy atom. The van der Waals surface area contributed by atoms with Crippen LogP contribution in [0.25, 0.3) is 22.8 Å². The number of halogens is 1. The first kappa shape index (κ1) is 24.0. The Balaban J connectivity index is 1.33. The number of carbonyl (C=O) groups is 1. The number of amides is 1. The number of rotatable bonds is 5. The Morgan fingerprint density at radius 1 is 1.20 bits per heavy atom. The molecule has 186 valence electrons. The summed E-state index contributed by atoms with van der Waals surface area (Å²) in [5.74, 6) is -0.695. The summed E-state index contributed by atoms with van der Waals surface area (Å²) in [6.45, 7) is 3.27. The Bertz CT molecular complexity index is 1410. The predicted molar refractivity (Wildman–Crippen MR) is 131 cm³/mol. The zero-order valence-electron chi connectivity index (χ0n) is 19.4. The first-order valence-electron chi connectivity index (χ1n) is 11.3. The highest BCUT2D eigenvalue weighted by atomic mass is 35.5. The Kier molecular flexibility index (Phi) is 6.22. The van der Waals surface area contributed by atoms with Crippen LogP contribution in [-0.2, 0) is 31.5 Å². The summed E-state index contributed by atoms with van der Waals surface area (Å²) in [7, 11) is -2.18. The number of ether oxygens (including phenoxy) is 2. The van der Waals surface area contributed by atoms with E-state index < -0.39 is 21.9 Å². The average Bonchev–Trinajstić information content (AvgIpc) is 3.49. The summed E-state index contributed by atoms with van der Waals surface area (Å²) >= 11 is 6.12. The molecular weight excluding hydrogens is 494 g/mol. The molecule has 12 heteroatoms. The molecule has 35 heavy (non-hydrogen) atoms. The quantitative estimate of drug-likeness (QED) is 0.519. The molecule has 2 aliphatic heterocycles. The van der Waals surface area contributed by atoms with Gasteiger partial charge in [-0.25, -0.2) is 4.72 Å². The van der Waals surface area contributed by atoms with Crippen LogP contribution >= 0.6 is 11.6 Å². The number of carbonyl (C=O) groups excluding carboxylic acids is 1. The largest absolute Gasteiger partial charge is 0.347 e. The van der Waals surface area contributed by atoms with Crippen LogP contribution in [0.5, 0.6) is 0 Å². The lowest BCUT2D eigenvalue weighted by molar-refractivity contribution is -0.179. The zero-order chi connectivity index (χ0) is 24.8. The smallest absolute Gasteiger partial charge is 0.304 e. The number of benzene rings is 1. The number of nitrogens with zero attached hydrogens (tertiary/aromatic N) is 4. The van der Waals surface area contributed by atoms with Gasteiger partial charge in [0.1, 0.15) is 5.82 Å². The maximum Gasteiger partial charge on any atom is 0.304 e. The number of aryl methyl sites for hydroxylation is 2. The first-order valence-corrected chi connectivity index (χ1v) is 13.1. The second-order valence-corrected chi connectivity index (χ2v) is 10.8. The van der Waals surface area contributed by atoms with Crippen LogP contribution < -0.4 is 4.72 Å². The van der Waals surface area contributed by atoms with Gasteiger partial charge in [-0.1, -0.05) is 11.6 Å². The molecule has 1 N–H and O–H groups in total. The normalized spacial score (nSPS) is 18.7. The highest BCUT2D eigenvalue weighted by Gasteiger charge is 2.42. The third kappa shape index (κ3) is 4.62. The van der Waals surface area contributed by atoms with Crippen molar-refractivity contribution in [2.75, 3.05) is 26.3 Å². The van der Waals surface area contributed by atoms with Gasteiger partial charge in [0.25, 0.3) is 5.91 Å². The van der Waals surface area contributed by atoms with Crippen molar-refractivity contribution in [1.82, 2.24) is 23.4 Å². The number of hydrogen-bond donors (Lipinski definition) is 1. The molecule has 0 radical (unpaired) electrons. The van der Waals surface area contributed by atoms with Gasteiger partial charge in [-0.15, -0.1) is 0 Å². The van der Waals surface area contributed by atoms with E-state index in [9.17, 15) is 13.2 Å². The Morgan fingerprint density at radius 2 is 1.91 bits per heavy atom. The second-order valence-electron chi connectivity index (χ2n) is 8.65. The number of nitrogens with one attached hydrogen (secondary N) is 1. The summed E-state index contributed by atoms with van der Waals surface area (Å²) in [6, 6.07) is 7.54. The standard InChI is InChI=1S/C23H26ClN5O5S/c1-16-19(22(27(2)25-16)29-10-7-17-15-18(24)3-5-20(17)29)4-6-21(30)26-35(31,32)28-11-8-23(9-12-28)33-13-14-34-23/h3-7,10,15H,8-9,11-14H2,1-2H3,(H,26,30)/b6-4+. The lowest BCUT2D eigenvalue weighted by Gasteiger charge is -2.36. The molecule has 1 aromatic carbocycles. The van der Waals surface area contributed by atoms with Crippen molar-refractivity contribution in [2.45, 2.75) is 25.6 Å². The van der Waals surface area contributed by atoms with Gasteiger partial charge >= 0.3 is 10.2 Å². The van der Waals surface area contributed by atoms with E-state index in [1.165, 1.54) is 10.4 Å². The van der Waals surface area contributed by atoms with Gasteiger partial charge in [-0.05, 0) is 37.3 Å². The topological polar surface area (TPSA) is 108 Å². The van der Waals surface area contributed by atoms with Gasteiger partial charge in [0.2, 0.25) is 0 Å². The summed E-state index contributed by atoms with van der Waals surface area (Å²) in [5.41, 5.74) is 2.32. The molecule has 0 saturated carbocycles. The third-order valence-corrected chi connectivity index (χ3v) is 8.13. The molecule has 1 amide bonds. The van der Waals surface area contributed by atoms with Crippen LogP contribution in [0.3, 0.4) is 0 Å². The fraction of sp³-hybridized carbons (Fsp3) is 0.391. The van der Waals surface area contributed by atoms with Crippen LogP contribution in [0, 0.1) is 6.92 Å². The average molecular weight is 520 g/mol. The minimum atomic E-state index is -3.99. The fourth-order valence-electron chi connectivity index (χ4n) is 4.68. The summed E-state index contributed by atoms with van der Waals surface area (Å²) in [5, 5.41) is 6.09. The van der Waals surface area contributed by atoms with Crippen LogP contribution in [0.4, 0.5) is 0 Å². The molecule has 5 rings (SSSR count). The van der Waals surface area contributed by atoms with Crippen LogP contribution in [0.15, 0.2) is 36.5 Å². The van der Waals surface area contributed by atoms with Crippen molar-refractivity contribution in [1.29, 1.82) is 0 Å². The van der Waals surface area contributed by atoms with E-state index in [-0.39, 0.29) is 13.1 Å². The van der Waals surface area contributed by atoms with Gasteiger partial charge in [0, 0.05) is 61.2 Å². The molecule has 2 saturated heterocycles. The van der Waals surface area contributed by atoms with E-state index in [0.717, 1.165) is 16.7 Å². The third-order valence-electron chi connectivity index (χ3n) is 6.39. The Hall–Kier alpha value is -2.70. The molecule has 1 spiro atoms. The molecule has 0 aliphatic carbocycles. The van der Waals surface area contributed by atoms with E-state index in [0.29, 0.717) is 42.3 Å². The summed E-state index contributed by atoms with van der Waals surface area (Å²) in [6.07, 6.45) is 5.54. The van der Waals surface area contributed by atoms with Gasteiger partial charge in [-0.3, -0.25) is 9.48 Å². The van der Waals surface area contributed by atoms with E-state index in [2.05, 4.69) is 9.82 Å². The molecule has 2 aliphatic rings. The molecule has 2 aromatic heterocycles. The maximum absolute atomic E-state index is 12.8. The van der Waals surface area contributed by atoms with Gasteiger partial charge < -0.3 is 14.0 Å². The van der Waals surface area contributed by atoms with E-state index in [1.807, 2.05) is 49.0 Å². The van der Waals surface area contributed by atoms with Crippen molar-refractivity contribution in [2.24, 2.45) is 7.05 Å². The lowest BCUT2D eigenvalue weighted by Crippen LogP contribution is -2.51. The lowest BCUT2D eigenvalue weighted by atomic mass is 10.1. The highest BCUT2D eigenvalue weighted by molar-refractivity contribution is 7.87. The SMILES string of the molecule is Cc1nn(C)c(-n2ccc3cc(Cl)ccc32)c1/C=C/C(=O)NS(=O)(=O)N1CCC2(CC1)OCCO2. The molecule has 0 unspecified atom stereocenters. The van der Waals surface area contributed by atoms with Gasteiger partial charge in [0.05, 0.1) is 24.4 Å². The molecular formula is C23H26ClN5O5S. The monoisotopic (exact) mass is 519 g/mol. The number of piperidine rings is 1. The van der Waals surface area contributed by atoms with Crippen molar-refractivity contribution >= 4 is 44.7 Å². The molecule has 2 fully saturated rings. The predicted octanol–water partition coefficient (Wildman–Crippen LogP) is 2.54. The molecule has 0 bridgehead atoms. The highest BCUT2D eigenvalue weighted by Crippen LogP contribution is 2.32. The van der Waals surface area contributed by atoms with Crippen LogP contribution in [0.1, 0.15) is 24.1 Å². The maximum atomic E-state index is 12.8. The number of aromatic nitrogens is 3. The summed E-state index contributed by atoms with van der Waals surface area (Å²) < 4.78 is 43.8. The molecule has 0 atom stereocenters. The van der Waals surface area contributed by atoms with Crippen molar-refractivity contribution < 1.29 is 22.7 Å². The molecule has 10 nitrogen and oxygen atoms in total. The van der Waals surface area contributed by atoms with E-state index in [1.54, 1.807) is 10.8 Å². The van der Waals surface area contributed by atoms with E-state index in [4.69, 9.17) is 21.1 Å². The fourth-order valence-corrected chi connectivity index (χ4v) is 5.97. The minimum Gasteiger partial charge on any atom is -0.347 e. The van der Waals surface area contributed by atoms with E-state index >= 15 is 0 Å². The van der Waals surface area contributed by atoms with Crippen molar-refractivity contribution in [3.05, 3.63) is 52.8 Å². The number of fused-ring (bicyclic) bond motifs is 1. The number of hydrogen-bond acceptors (Lipinski definition) is 6. The van der Waals surface area contributed by atoms with Gasteiger partial charge in [0.15, 0.2) is 5.79 Å². The second kappa shape index (κ2) is 9.07. The first-order chi connectivity index (χ1) is 16.7. The van der Waals surface area contributed by atoms with Gasteiger partial charge in [-0.2, -0.15) is 17.8 Å². The molecule has 4 heterocycles. The minimum absolute atomic E-state index is 0.211. The zero-order valence-corrected chi connectivity index (χ0v) is 21.0. The Labute approximate surface area is 208 Å². The van der Waals surface area contributed by atoms with Crippen LogP contribution in [-0.4, -0.2) is 65.1 Å². The van der Waals surface area contributed by atoms with Crippen molar-refractivity contribution in [3.8, 4) is 5.82 Å². The van der Waals surface area contributed by atoms with Crippen LogP contribution in [0.2, 0.25) is 5.02 Å². The molecule has 3 aromatic rings. The summed E-state index contributed by atoms with van der Waals surface area (Å²) in [4.78, 5) is 12.6.